The molecule has 1 unspecified atom stereocenters. The molecule has 1 aliphatic heterocycles. The van der Waals surface area contributed by atoms with Crippen molar-refractivity contribution in [1.82, 2.24) is 4.72 Å². The number of carbonyl (C=O) groups is 2. The maximum atomic E-state index is 12.1. The van der Waals surface area contributed by atoms with Crippen LogP contribution in [0.5, 0.6) is 5.75 Å². The molecule has 1 aromatic rings. The van der Waals surface area contributed by atoms with Gasteiger partial charge in [-0.15, -0.1) is 6.26 Å². The standard InChI is InChI=1S/C22H33N3O5S.Na/c1-2-3-4-5-6-7-8-9-10-11-14-23-31(29)30-17-12-13-19-20(15-17)25-22(28)18(16-26)21(27)24-19;/h12-13,15-16,23,26H,2-11,14H2,1H3,(H,24,27)(H,25,28);/q;+1/p-1/b18-16-;. The minimum atomic E-state index is -1.73. The summed E-state index contributed by atoms with van der Waals surface area (Å²) >= 11 is -1.73. The molecule has 0 aliphatic carbocycles. The van der Waals surface area contributed by atoms with E-state index in [0.29, 0.717) is 12.2 Å². The molecule has 32 heavy (non-hydrogen) atoms. The van der Waals surface area contributed by atoms with Crippen molar-refractivity contribution in [1.29, 1.82) is 0 Å². The van der Waals surface area contributed by atoms with Crippen molar-refractivity contribution in [3.05, 3.63) is 30.0 Å². The zero-order valence-electron chi connectivity index (χ0n) is 19.0. The molecule has 1 aliphatic rings. The largest absolute Gasteiger partial charge is 1.00 e. The molecule has 0 aromatic heterocycles. The van der Waals surface area contributed by atoms with Crippen molar-refractivity contribution >= 4 is 34.5 Å². The van der Waals surface area contributed by atoms with E-state index >= 15 is 0 Å². The van der Waals surface area contributed by atoms with E-state index in [4.69, 9.17) is 4.18 Å². The molecule has 2 amide bonds. The normalized spacial score (nSPS) is 15.2. The monoisotopic (exact) mass is 473 g/mol. The summed E-state index contributed by atoms with van der Waals surface area (Å²) < 4.78 is 20.3. The van der Waals surface area contributed by atoms with Crippen LogP contribution in [-0.4, -0.2) is 22.6 Å². The molecule has 0 saturated heterocycles. The van der Waals surface area contributed by atoms with Gasteiger partial charge in [-0.25, -0.2) is 4.72 Å². The number of hydrogen-bond donors (Lipinski definition) is 3. The van der Waals surface area contributed by atoms with Gasteiger partial charge in [0.2, 0.25) is 0 Å². The summed E-state index contributed by atoms with van der Waals surface area (Å²) in [6.07, 6.45) is 12.5. The number of hydrogen-bond acceptors (Lipinski definition) is 5. The molecule has 8 nitrogen and oxygen atoms in total. The van der Waals surface area contributed by atoms with E-state index in [9.17, 15) is 18.9 Å². The molecule has 1 heterocycles. The van der Waals surface area contributed by atoms with Gasteiger partial charge in [-0.3, -0.25) is 9.59 Å². The molecular weight excluding hydrogens is 441 g/mol. The molecule has 1 atom stereocenters. The quantitative estimate of drug-likeness (QED) is 0.118. The van der Waals surface area contributed by atoms with Crippen LogP contribution < -0.4 is 54.2 Å². The van der Waals surface area contributed by atoms with Crippen molar-refractivity contribution in [3.63, 3.8) is 0 Å². The molecule has 2 rings (SSSR count). The first-order valence-electron chi connectivity index (χ1n) is 11.0. The maximum Gasteiger partial charge on any atom is 1.00 e. The fraction of sp³-hybridized carbons (Fsp3) is 0.545. The Kier molecular flexibility index (Phi) is 14.6. The molecule has 0 bridgehead atoms. The molecule has 0 saturated carbocycles. The first kappa shape index (κ1) is 28.6. The van der Waals surface area contributed by atoms with E-state index in [0.717, 1.165) is 12.8 Å². The summed E-state index contributed by atoms with van der Waals surface area (Å²) in [5.74, 6) is -1.32. The number of nitrogens with one attached hydrogen (secondary N) is 3. The van der Waals surface area contributed by atoms with E-state index in [1.165, 1.54) is 69.6 Å². The summed E-state index contributed by atoms with van der Waals surface area (Å²) in [6, 6.07) is 4.48. The smallest absolute Gasteiger partial charge is 0.877 e. The van der Waals surface area contributed by atoms with Crippen LogP contribution in [0.2, 0.25) is 0 Å². The Morgan fingerprint density at radius 1 is 0.938 bits per heavy atom. The third-order valence-corrected chi connectivity index (χ3v) is 5.80. The van der Waals surface area contributed by atoms with Crippen LogP contribution in [0.4, 0.5) is 11.4 Å². The molecule has 0 spiro atoms. The van der Waals surface area contributed by atoms with Crippen LogP contribution in [0.3, 0.4) is 0 Å². The zero-order chi connectivity index (χ0) is 22.5. The number of fused-ring (bicyclic) bond motifs is 1. The average molecular weight is 474 g/mol. The van der Waals surface area contributed by atoms with E-state index in [1.54, 1.807) is 0 Å². The number of carbonyl (C=O) groups excluding carboxylic acids is 2. The van der Waals surface area contributed by atoms with Crippen molar-refractivity contribution < 1.29 is 52.6 Å². The van der Waals surface area contributed by atoms with Crippen molar-refractivity contribution in [3.8, 4) is 5.75 Å². The predicted molar refractivity (Wildman–Crippen MR) is 120 cm³/mol. The Bertz CT molecular complexity index is 804. The number of amides is 2. The first-order valence-corrected chi connectivity index (χ1v) is 12.0. The van der Waals surface area contributed by atoms with E-state index in [2.05, 4.69) is 22.3 Å². The van der Waals surface area contributed by atoms with Crippen LogP contribution in [0.15, 0.2) is 30.0 Å². The summed E-state index contributed by atoms with van der Waals surface area (Å²) in [7, 11) is 0. The predicted octanol–water partition coefficient (Wildman–Crippen LogP) is 0.293. The van der Waals surface area contributed by atoms with E-state index in [1.807, 2.05) is 0 Å². The van der Waals surface area contributed by atoms with Crippen LogP contribution in [0.25, 0.3) is 0 Å². The minimum Gasteiger partial charge on any atom is -0.877 e. The Hall–Kier alpha value is -1.39. The third-order valence-electron chi connectivity index (χ3n) is 5.02. The second-order valence-electron chi connectivity index (χ2n) is 7.54. The molecule has 3 N–H and O–H groups in total. The summed E-state index contributed by atoms with van der Waals surface area (Å²) in [6.45, 7) is 2.81. The van der Waals surface area contributed by atoms with Gasteiger partial charge in [0.1, 0.15) is 5.75 Å². The van der Waals surface area contributed by atoms with Gasteiger partial charge in [-0.2, -0.15) is 4.21 Å². The Balaban J connectivity index is 0.00000512. The SMILES string of the molecule is CCCCCCCCCCCCNS(=O)Oc1ccc2c(c1)NC(=O)/C(=C\[O-])C(=O)N2.[Na+]. The van der Waals surface area contributed by atoms with Crippen molar-refractivity contribution in [2.24, 2.45) is 0 Å². The minimum absolute atomic E-state index is 0. The van der Waals surface area contributed by atoms with E-state index in [-0.39, 0.29) is 47.3 Å². The van der Waals surface area contributed by atoms with Gasteiger partial charge in [0.05, 0.1) is 16.9 Å². The Morgan fingerprint density at radius 2 is 1.50 bits per heavy atom. The fourth-order valence-electron chi connectivity index (χ4n) is 3.26. The average Bonchev–Trinajstić information content (AvgIpc) is 2.86. The topological polar surface area (TPSA) is 120 Å². The number of benzene rings is 1. The Morgan fingerprint density at radius 3 is 2.09 bits per heavy atom. The van der Waals surface area contributed by atoms with Gasteiger partial charge in [0.15, 0.2) is 0 Å². The van der Waals surface area contributed by atoms with Crippen LogP contribution in [0, 0.1) is 0 Å². The first-order chi connectivity index (χ1) is 15.0. The third kappa shape index (κ3) is 10.0. The second-order valence-corrected chi connectivity index (χ2v) is 8.47. The molecular formula is C22H32N3NaO5S. The maximum absolute atomic E-state index is 12.1. The van der Waals surface area contributed by atoms with Crippen molar-refractivity contribution in [2.45, 2.75) is 71.1 Å². The van der Waals surface area contributed by atoms with Gasteiger partial charge < -0.3 is 19.9 Å². The molecule has 1 aromatic carbocycles. The van der Waals surface area contributed by atoms with Crippen LogP contribution in [0.1, 0.15) is 71.1 Å². The molecule has 0 radical (unpaired) electrons. The molecule has 0 fully saturated rings. The van der Waals surface area contributed by atoms with Gasteiger partial charge in [-0.05, 0) is 18.6 Å². The van der Waals surface area contributed by atoms with Gasteiger partial charge in [0.25, 0.3) is 23.1 Å². The number of anilines is 2. The number of unbranched alkanes of at least 4 members (excludes halogenated alkanes) is 9. The van der Waals surface area contributed by atoms with Gasteiger partial charge in [0, 0.05) is 12.6 Å². The summed E-state index contributed by atoms with van der Waals surface area (Å²) in [5, 5.41) is 15.9. The van der Waals surface area contributed by atoms with Gasteiger partial charge >= 0.3 is 29.6 Å². The van der Waals surface area contributed by atoms with Gasteiger partial charge in [-0.1, -0.05) is 64.7 Å². The van der Waals surface area contributed by atoms with Crippen LogP contribution in [-0.2, 0) is 20.9 Å². The summed E-state index contributed by atoms with van der Waals surface area (Å²) in [4.78, 5) is 23.8. The van der Waals surface area contributed by atoms with Crippen molar-refractivity contribution in [2.75, 3.05) is 17.2 Å². The van der Waals surface area contributed by atoms with Crippen LogP contribution >= 0.6 is 0 Å². The molecule has 172 valence electrons. The van der Waals surface area contributed by atoms with E-state index < -0.39 is 28.7 Å². The second kappa shape index (κ2) is 16.3. The molecule has 10 heteroatoms. The number of rotatable bonds is 14. The zero-order valence-corrected chi connectivity index (χ0v) is 21.9. The Labute approximate surface area is 215 Å². The fourth-order valence-corrected chi connectivity index (χ4v) is 3.91. The summed E-state index contributed by atoms with van der Waals surface area (Å²) in [5.41, 5.74) is 0.0754.